The van der Waals surface area contributed by atoms with Crippen LogP contribution >= 0.6 is 31.9 Å². The van der Waals surface area contributed by atoms with Crippen LogP contribution in [-0.4, -0.2) is 4.83 Å². The summed E-state index contributed by atoms with van der Waals surface area (Å²) in [5, 5.41) is 0. The molecule has 0 aliphatic heterocycles. The van der Waals surface area contributed by atoms with Gasteiger partial charge in [-0.1, -0.05) is 56.1 Å². The Labute approximate surface area is 89.6 Å². The van der Waals surface area contributed by atoms with Gasteiger partial charge in [-0.05, 0) is 24.0 Å². The van der Waals surface area contributed by atoms with Crippen molar-refractivity contribution in [2.45, 2.75) is 22.5 Å². The van der Waals surface area contributed by atoms with E-state index in [1.807, 2.05) is 0 Å². The summed E-state index contributed by atoms with van der Waals surface area (Å²) in [7, 11) is 0. The lowest BCUT2D eigenvalue weighted by Gasteiger charge is -2.25. The van der Waals surface area contributed by atoms with Crippen LogP contribution in [0.5, 0.6) is 0 Å². The highest BCUT2D eigenvalue weighted by atomic mass is 79.9. The van der Waals surface area contributed by atoms with Crippen LogP contribution in [0.4, 0.5) is 0 Å². The molecule has 1 aliphatic carbocycles. The molecular formula is C10H10Br2. The lowest BCUT2D eigenvalue weighted by atomic mass is 9.92. The maximum atomic E-state index is 3.71. The minimum Gasteiger partial charge on any atom is -0.0875 e. The Morgan fingerprint density at radius 1 is 1.17 bits per heavy atom. The largest absolute Gasteiger partial charge is 0.0875 e. The summed E-state index contributed by atoms with van der Waals surface area (Å²) in [4.78, 5) is 1.08. The number of aryl methyl sites for hydroxylation is 1. The number of rotatable bonds is 0. The van der Waals surface area contributed by atoms with Crippen molar-refractivity contribution < 1.29 is 0 Å². The molecule has 1 aromatic rings. The van der Waals surface area contributed by atoms with Gasteiger partial charge in [0.2, 0.25) is 0 Å². The molecule has 0 heterocycles. The molecule has 0 saturated heterocycles. The number of halogens is 2. The molecule has 1 aromatic carbocycles. The summed E-state index contributed by atoms with van der Waals surface area (Å²) >= 11 is 7.38. The molecule has 0 nitrogen and oxygen atoms in total. The average Bonchev–Trinajstić information content (AvgIpc) is 2.12. The maximum absolute atomic E-state index is 3.71. The first kappa shape index (κ1) is 8.76. The Bertz CT molecular complexity index is 283. The van der Waals surface area contributed by atoms with Gasteiger partial charge in [-0.3, -0.25) is 0 Å². The number of hydrogen-bond acceptors (Lipinski definition) is 0. The van der Waals surface area contributed by atoms with Gasteiger partial charge in [-0.25, -0.2) is 0 Å². The third kappa shape index (κ3) is 1.47. The van der Waals surface area contributed by atoms with Crippen LogP contribution in [0.3, 0.4) is 0 Å². The molecule has 0 bridgehead atoms. The first-order valence-corrected chi connectivity index (χ1v) is 5.98. The van der Waals surface area contributed by atoms with Crippen LogP contribution in [-0.2, 0) is 6.42 Å². The smallest absolute Gasteiger partial charge is 0.0523 e. The van der Waals surface area contributed by atoms with Crippen molar-refractivity contribution in [3.8, 4) is 0 Å². The summed E-state index contributed by atoms with van der Waals surface area (Å²) in [6.45, 7) is 0. The molecule has 2 atom stereocenters. The minimum absolute atomic E-state index is 0.488. The summed E-state index contributed by atoms with van der Waals surface area (Å²) < 4.78 is 0. The van der Waals surface area contributed by atoms with Crippen molar-refractivity contribution in [1.29, 1.82) is 0 Å². The minimum atomic E-state index is 0.488. The second-order valence-corrected chi connectivity index (χ2v) is 5.32. The zero-order valence-electron chi connectivity index (χ0n) is 6.63. The molecule has 0 N–H and O–H groups in total. The second kappa shape index (κ2) is 3.51. The van der Waals surface area contributed by atoms with E-state index in [4.69, 9.17) is 0 Å². The van der Waals surface area contributed by atoms with Gasteiger partial charge in [0.05, 0.1) is 4.83 Å². The Balaban J connectivity index is 2.42. The molecule has 2 unspecified atom stereocenters. The molecule has 64 valence electrons. The summed E-state index contributed by atoms with van der Waals surface area (Å²) in [6.07, 6.45) is 2.43. The molecule has 1 aliphatic rings. The third-order valence-electron chi connectivity index (χ3n) is 2.36. The predicted molar refractivity (Wildman–Crippen MR) is 59.1 cm³/mol. The average molecular weight is 290 g/mol. The number of alkyl halides is 2. The topological polar surface area (TPSA) is 0 Å². The molecule has 12 heavy (non-hydrogen) atoms. The molecular weight excluding hydrogens is 280 g/mol. The summed E-state index contributed by atoms with van der Waals surface area (Å²) in [6, 6.07) is 8.66. The SMILES string of the molecule is BrC1CCc2ccccc2C1Br. The lowest BCUT2D eigenvalue weighted by molar-refractivity contribution is 0.707. The van der Waals surface area contributed by atoms with E-state index in [-0.39, 0.29) is 0 Å². The fourth-order valence-corrected chi connectivity index (χ4v) is 2.89. The Morgan fingerprint density at radius 3 is 2.75 bits per heavy atom. The van der Waals surface area contributed by atoms with Crippen LogP contribution in [0.15, 0.2) is 24.3 Å². The molecule has 0 fully saturated rings. The first-order valence-electron chi connectivity index (χ1n) is 4.15. The highest BCUT2D eigenvalue weighted by Crippen LogP contribution is 2.39. The van der Waals surface area contributed by atoms with Crippen molar-refractivity contribution >= 4 is 31.9 Å². The Kier molecular flexibility index (Phi) is 2.56. The monoisotopic (exact) mass is 288 g/mol. The van der Waals surface area contributed by atoms with Crippen LogP contribution < -0.4 is 0 Å². The van der Waals surface area contributed by atoms with Gasteiger partial charge >= 0.3 is 0 Å². The van der Waals surface area contributed by atoms with E-state index in [0.29, 0.717) is 9.65 Å². The van der Waals surface area contributed by atoms with Gasteiger partial charge < -0.3 is 0 Å². The highest BCUT2D eigenvalue weighted by Gasteiger charge is 2.24. The van der Waals surface area contributed by atoms with Crippen LogP contribution in [0, 0.1) is 0 Å². The molecule has 0 amide bonds. The van der Waals surface area contributed by atoms with E-state index in [1.165, 1.54) is 24.0 Å². The van der Waals surface area contributed by atoms with Crippen molar-refractivity contribution in [3.05, 3.63) is 35.4 Å². The van der Waals surface area contributed by atoms with E-state index < -0.39 is 0 Å². The van der Waals surface area contributed by atoms with Crippen LogP contribution in [0.2, 0.25) is 0 Å². The molecule has 0 saturated carbocycles. The van der Waals surface area contributed by atoms with Crippen LogP contribution in [0.25, 0.3) is 0 Å². The third-order valence-corrected chi connectivity index (χ3v) is 5.19. The van der Waals surface area contributed by atoms with E-state index in [0.717, 1.165) is 0 Å². The van der Waals surface area contributed by atoms with Crippen molar-refractivity contribution in [2.75, 3.05) is 0 Å². The van der Waals surface area contributed by atoms with Gasteiger partial charge in [-0.2, -0.15) is 0 Å². The van der Waals surface area contributed by atoms with Crippen molar-refractivity contribution in [3.63, 3.8) is 0 Å². The summed E-state index contributed by atoms with van der Waals surface area (Å²) in [5.74, 6) is 0. The van der Waals surface area contributed by atoms with E-state index in [1.54, 1.807) is 0 Å². The van der Waals surface area contributed by atoms with Crippen molar-refractivity contribution in [2.24, 2.45) is 0 Å². The highest BCUT2D eigenvalue weighted by molar-refractivity contribution is 9.12. The lowest BCUT2D eigenvalue weighted by Crippen LogP contribution is -2.15. The van der Waals surface area contributed by atoms with Gasteiger partial charge in [0.1, 0.15) is 0 Å². The second-order valence-electron chi connectivity index (χ2n) is 3.16. The Morgan fingerprint density at radius 2 is 1.92 bits per heavy atom. The number of hydrogen-bond donors (Lipinski definition) is 0. The van der Waals surface area contributed by atoms with Gasteiger partial charge in [-0.15, -0.1) is 0 Å². The molecule has 0 aromatic heterocycles. The number of benzene rings is 1. The molecule has 2 heteroatoms. The van der Waals surface area contributed by atoms with Gasteiger partial charge in [0.15, 0.2) is 0 Å². The Hall–Kier alpha value is 0.180. The van der Waals surface area contributed by atoms with Crippen molar-refractivity contribution in [1.82, 2.24) is 0 Å². The zero-order valence-corrected chi connectivity index (χ0v) is 9.81. The first-order chi connectivity index (χ1) is 5.79. The maximum Gasteiger partial charge on any atom is 0.0523 e. The van der Waals surface area contributed by atoms with Gasteiger partial charge in [0, 0.05) is 4.83 Å². The quantitative estimate of drug-likeness (QED) is 0.637. The fourth-order valence-electron chi connectivity index (χ4n) is 1.67. The normalized spacial score (nSPS) is 28.2. The van der Waals surface area contributed by atoms with Gasteiger partial charge in [0.25, 0.3) is 0 Å². The molecule has 0 radical (unpaired) electrons. The molecule has 2 rings (SSSR count). The van der Waals surface area contributed by atoms with E-state index in [9.17, 15) is 0 Å². The van der Waals surface area contributed by atoms with E-state index in [2.05, 4.69) is 56.1 Å². The standard InChI is InChI=1S/C10H10Br2/c11-9-6-5-7-3-1-2-4-8(7)10(9)12/h1-4,9-10H,5-6H2. The van der Waals surface area contributed by atoms with E-state index >= 15 is 0 Å². The van der Waals surface area contributed by atoms with Crippen LogP contribution in [0.1, 0.15) is 22.4 Å². The zero-order chi connectivity index (χ0) is 8.55. The summed E-state index contributed by atoms with van der Waals surface area (Å²) in [5.41, 5.74) is 2.95. The molecule has 0 spiro atoms. The fraction of sp³-hybridized carbons (Fsp3) is 0.400. The number of fused-ring (bicyclic) bond motifs is 1. The predicted octanol–water partition coefficient (Wildman–Crippen LogP) is 3.83.